The van der Waals surface area contributed by atoms with Gasteiger partial charge in [0.2, 0.25) is 0 Å². The molecular formula is C26H35NO2. The van der Waals surface area contributed by atoms with Crippen LogP contribution in [-0.2, 0) is 12.8 Å². The lowest BCUT2D eigenvalue weighted by atomic mass is 9.96. The van der Waals surface area contributed by atoms with Gasteiger partial charge in [-0.25, -0.2) is 5.48 Å². The Labute approximate surface area is 176 Å². The van der Waals surface area contributed by atoms with Crippen molar-refractivity contribution in [2.24, 2.45) is 0 Å². The second-order valence-electron chi connectivity index (χ2n) is 7.75. The highest BCUT2D eigenvalue weighted by atomic mass is 16.6. The van der Waals surface area contributed by atoms with E-state index in [1.165, 1.54) is 22.3 Å². The van der Waals surface area contributed by atoms with Gasteiger partial charge in [-0.1, -0.05) is 56.4 Å². The van der Waals surface area contributed by atoms with Gasteiger partial charge in [0.25, 0.3) is 0 Å². The van der Waals surface area contributed by atoms with E-state index >= 15 is 0 Å². The summed E-state index contributed by atoms with van der Waals surface area (Å²) < 4.78 is 6.03. The van der Waals surface area contributed by atoms with E-state index in [9.17, 15) is 0 Å². The Morgan fingerprint density at radius 3 is 2.24 bits per heavy atom. The second-order valence-corrected chi connectivity index (χ2v) is 7.75. The number of aryl methyl sites for hydroxylation is 2. The smallest absolute Gasteiger partial charge is 0.161 e. The first kappa shape index (κ1) is 22.6. The van der Waals surface area contributed by atoms with E-state index in [1.807, 2.05) is 51.1 Å². The van der Waals surface area contributed by atoms with Crippen LogP contribution in [0.2, 0.25) is 0 Å². The van der Waals surface area contributed by atoms with Crippen molar-refractivity contribution >= 4 is 11.8 Å². The maximum Gasteiger partial charge on any atom is 0.161 e. The molecule has 0 aliphatic heterocycles. The molecule has 3 heteroatoms. The lowest BCUT2D eigenvalue weighted by Crippen LogP contribution is -2.13. The minimum atomic E-state index is 0.0644. The van der Waals surface area contributed by atoms with Crippen molar-refractivity contribution in [1.82, 2.24) is 0 Å². The number of nitrogens with one attached hydrogen (secondary N) is 1. The molecule has 1 N–H and O–H groups in total. The molecule has 0 aliphatic rings. The molecule has 0 radical (unpaired) electrons. The molecule has 0 spiro atoms. The highest BCUT2D eigenvalue weighted by Gasteiger charge is 2.15. The summed E-state index contributed by atoms with van der Waals surface area (Å²) in [6, 6.07) is 8.29. The summed E-state index contributed by atoms with van der Waals surface area (Å²) in [6.45, 7) is 18.6. The van der Waals surface area contributed by atoms with Crippen molar-refractivity contribution < 1.29 is 9.57 Å². The number of hydrogen-bond acceptors (Lipinski definition) is 3. The topological polar surface area (TPSA) is 30.5 Å². The Hall–Kier alpha value is -2.68. The number of allylic oxidation sites excluding steroid dienone is 2. The molecule has 3 nitrogen and oxygen atoms in total. The standard InChI is InChI=1S/C26H35NO2/c1-9-21-16-22(10-2)20(8)26(19(21)7)29-27-25-23(15-14-17(3)4)12-11-13-24(25)28-18(5)6/h11-16,18,27H,3,9-10H2,1-2,4-8H3/b15-14-. The third kappa shape index (κ3) is 5.66. The molecule has 0 aromatic heterocycles. The van der Waals surface area contributed by atoms with Crippen molar-refractivity contribution in [1.29, 1.82) is 0 Å². The minimum absolute atomic E-state index is 0.0644. The zero-order valence-electron chi connectivity index (χ0n) is 19.0. The zero-order chi connectivity index (χ0) is 21.6. The summed E-state index contributed by atoms with van der Waals surface area (Å²) in [5.74, 6) is 1.66. The van der Waals surface area contributed by atoms with Gasteiger partial charge < -0.3 is 9.57 Å². The molecule has 0 bridgehead atoms. The van der Waals surface area contributed by atoms with Gasteiger partial charge in [0.05, 0.1) is 6.10 Å². The predicted octanol–water partition coefficient (Wildman–Crippen LogP) is 7.21. The van der Waals surface area contributed by atoms with Crippen LogP contribution in [0.4, 0.5) is 5.69 Å². The highest BCUT2D eigenvalue weighted by molar-refractivity contribution is 5.73. The van der Waals surface area contributed by atoms with Crippen LogP contribution in [0.3, 0.4) is 0 Å². The maximum atomic E-state index is 6.22. The van der Waals surface area contributed by atoms with Gasteiger partial charge in [0.1, 0.15) is 11.4 Å². The number of rotatable bonds is 9. The fourth-order valence-corrected chi connectivity index (χ4v) is 3.37. The fraction of sp³-hybridized carbons (Fsp3) is 0.385. The maximum absolute atomic E-state index is 6.22. The third-order valence-electron chi connectivity index (χ3n) is 4.98. The largest absolute Gasteiger partial charge is 0.489 e. The van der Waals surface area contributed by atoms with E-state index in [0.717, 1.165) is 41.2 Å². The van der Waals surface area contributed by atoms with E-state index in [1.54, 1.807) is 0 Å². The van der Waals surface area contributed by atoms with Gasteiger partial charge in [-0.3, -0.25) is 0 Å². The monoisotopic (exact) mass is 393 g/mol. The molecule has 0 heterocycles. The Morgan fingerprint density at radius 1 is 1.10 bits per heavy atom. The molecular weight excluding hydrogens is 358 g/mol. The number of ether oxygens (including phenoxy) is 1. The quantitative estimate of drug-likeness (QED) is 0.360. The third-order valence-corrected chi connectivity index (χ3v) is 4.98. The molecule has 0 amide bonds. The molecule has 2 aromatic rings. The predicted molar refractivity (Wildman–Crippen MR) is 125 cm³/mol. The highest BCUT2D eigenvalue weighted by Crippen LogP contribution is 2.34. The molecule has 29 heavy (non-hydrogen) atoms. The van der Waals surface area contributed by atoms with E-state index < -0.39 is 0 Å². The first-order chi connectivity index (χ1) is 13.8. The molecule has 0 unspecified atom stereocenters. The number of benzene rings is 2. The van der Waals surface area contributed by atoms with E-state index in [2.05, 4.69) is 45.8 Å². The minimum Gasteiger partial charge on any atom is -0.489 e. The molecule has 0 fully saturated rings. The van der Waals surface area contributed by atoms with Crippen LogP contribution in [0, 0.1) is 13.8 Å². The number of anilines is 1. The number of hydrogen-bond donors (Lipinski definition) is 1. The van der Waals surface area contributed by atoms with Crippen LogP contribution in [-0.4, -0.2) is 6.10 Å². The van der Waals surface area contributed by atoms with Crippen molar-refractivity contribution in [3.63, 3.8) is 0 Å². The molecule has 156 valence electrons. The summed E-state index contributed by atoms with van der Waals surface area (Å²) in [6.07, 6.45) is 6.04. The molecule has 0 atom stereocenters. The normalized spacial score (nSPS) is 11.2. The van der Waals surface area contributed by atoms with E-state index in [4.69, 9.17) is 9.57 Å². The van der Waals surface area contributed by atoms with Gasteiger partial charge in [0.15, 0.2) is 5.75 Å². The van der Waals surface area contributed by atoms with Crippen LogP contribution in [0.25, 0.3) is 6.08 Å². The molecule has 0 saturated carbocycles. The molecule has 2 rings (SSSR count). The van der Waals surface area contributed by atoms with E-state index in [0.29, 0.717) is 0 Å². The summed E-state index contributed by atoms with van der Waals surface area (Å²) in [7, 11) is 0. The lowest BCUT2D eigenvalue weighted by Gasteiger charge is -2.21. The van der Waals surface area contributed by atoms with Crippen LogP contribution >= 0.6 is 0 Å². The van der Waals surface area contributed by atoms with Crippen molar-refractivity contribution in [3.8, 4) is 11.5 Å². The Bertz CT molecular complexity index is 866. The van der Waals surface area contributed by atoms with Gasteiger partial charge in [-0.15, -0.1) is 0 Å². The van der Waals surface area contributed by atoms with Gasteiger partial charge in [-0.05, 0) is 75.8 Å². The van der Waals surface area contributed by atoms with Gasteiger partial charge in [-0.2, -0.15) is 0 Å². The summed E-state index contributed by atoms with van der Waals surface area (Å²) in [5, 5.41) is 0. The van der Waals surface area contributed by atoms with Crippen molar-refractivity contribution in [2.45, 2.75) is 67.4 Å². The van der Waals surface area contributed by atoms with Crippen LogP contribution < -0.4 is 15.1 Å². The Kier molecular flexibility index (Phi) is 7.95. The first-order valence-corrected chi connectivity index (χ1v) is 10.5. The van der Waals surface area contributed by atoms with Crippen molar-refractivity contribution in [2.75, 3.05) is 5.48 Å². The van der Waals surface area contributed by atoms with Gasteiger partial charge >= 0.3 is 0 Å². The summed E-state index contributed by atoms with van der Waals surface area (Å²) in [4.78, 5) is 6.22. The van der Waals surface area contributed by atoms with Crippen LogP contribution in [0.15, 0.2) is 42.5 Å². The lowest BCUT2D eigenvalue weighted by molar-refractivity contribution is 0.241. The molecule has 0 aliphatic carbocycles. The molecule has 0 saturated heterocycles. The summed E-state index contributed by atoms with van der Waals surface area (Å²) in [5.41, 5.74) is 11.0. The fourth-order valence-electron chi connectivity index (χ4n) is 3.37. The SMILES string of the molecule is C=C(C)/C=C\c1cccc(OC(C)C)c1NOc1c(C)c(CC)cc(CC)c1C. The van der Waals surface area contributed by atoms with Crippen molar-refractivity contribution in [3.05, 3.63) is 70.3 Å². The van der Waals surface area contributed by atoms with Crippen LogP contribution in [0.5, 0.6) is 11.5 Å². The molecule has 2 aromatic carbocycles. The Morgan fingerprint density at radius 2 is 1.72 bits per heavy atom. The van der Waals surface area contributed by atoms with Gasteiger partial charge in [0, 0.05) is 5.56 Å². The Balaban J connectivity index is 2.47. The summed E-state index contributed by atoms with van der Waals surface area (Å²) >= 11 is 0. The zero-order valence-corrected chi connectivity index (χ0v) is 19.0. The first-order valence-electron chi connectivity index (χ1n) is 10.5. The average molecular weight is 394 g/mol. The second kappa shape index (κ2) is 10.2. The average Bonchev–Trinajstić information content (AvgIpc) is 2.67. The number of para-hydroxylation sites is 1. The van der Waals surface area contributed by atoms with E-state index in [-0.39, 0.29) is 6.10 Å². The van der Waals surface area contributed by atoms with Crippen LogP contribution in [0.1, 0.15) is 62.4 Å².